The molecule has 0 saturated heterocycles. The van der Waals surface area contributed by atoms with Crippen LogP contribution in [0, 0.1) is 6.92 Å². The number of anilines is 1. The van der Waals surface area contributed by atoms with Crippen molar-refractivity contribution in [3.63, 3.8) is 0 Å². The Morgan fingerprint density at radius 2 is 2.33 bits per heavy atom. The predicted molar refractivity (Wildman–Crippen MR) is 66.3 cm³/mol. The predicted octanol–water partition coefficient (Wildman–Crippen LogP) is 1.63. The van der Waals surface area contributed by atoms with Crippen LogP contribution in [-0.2, 0) is 11.2 Å². The molecule has 3 N–H and O–H groups in total. The van der Waals surface area contributed by atoms with E-state index in [-0.39, 0.29) is 17.3 Å². The Balaban J connectivity index is 2.64. The second kappa shape index (κ2) is 5.18. The van der Waals surface area contributed by atoms with Crippen LogP contribution < -0.4 is 11.1 Å². The van der Waals surface area contributed by atoms with Gasteiger partial charge in [-0.2, -0.15) is 0 Å². The van der Waals surface area contributed by atoms with Crippen LogP contribution in [-0.4, -0.2) is 15.9 Å². The fourth-order valence-electron chi connectivity index (χ4n) is 1.13. The van der Waals surface area contributed by atoms with Crippen LogP contribution in [0.1, 0.15) is 23.9 Å². The number of thiazole rings is 1. The van der Waals surface area contributed by atoms with Crippen molar-refractivity contribution in [3.05, 3.63) is 10.6 Å². The summed E-state index contributed by atoms with van der Waals surface area (Å²) in [5.41, 5.74) is 6.28. The minimum atomic E-state index is -0.209. The molecule has 82 valence electrons. The van der Waals surface area contributed by atoms with E-state index in [2.05, 4.69) is 22.5 Å². The number of carbonyl (C=O) groups excluding carboxylic acids is 1. The van der Waals surface area contributed by atoms with Crippen LogP contribution in [0.25, 0.3) is 0 Å². The maximum Gasteiger partial charge on any atom is 0.232 e. The molecule has 15 heavy (non-hydrogen) atoms. The van der Waals surface area contributed by atoms with Crippen LogP contribution in [0.2, 0.25) is 0 Å². The number of nitrogens with two attached hydrogens (primary N) is 1. The van der Waals surface area contributed by atoms with Crippen molar-refractivity contribution in [2.45, 2.75) is 26.7 Å². The molecule has 1 aromatic rings. The monoisotopic (exact) mass is 243 g/mol. The highest BCUT2D eigenvalue weighted by Gasteiger charge is 2.09. The van der Waals surface area contributed by atoms with Crippen LogP contribution >= 0.6 is 23.6 Å². The zero-order chi connectivity index (χ0) is 11.4. The van der Waals surface area contributed by atoms with E-state index in [0.29, 0.717) is 5.13 Å². The number of aromatic nitrogens is 1. The van der Waals surface area contributed by atoms with Gasteiger partial charge in [0.1, 0.15) is 0 Å². The first-order valence-electron chi connectivity index (χ1n) is 4.57. The molecule has 1 heterocycles. The molecule has 0 aliphatic carbocycles. The Morgan fingerprint density at radius 3 is 2.80 bits per heavy atom. The largest absolute Gasteiger partial charge is 0.393 e. The molecule has 0 unspecified atom stereocenters. The molecular weight excluding hydrogens is 230 g/mol. The Morgan fingerprint density at radius 1 is 1.67 bits per heavy atom. The average molecular weight is 243 g/mol. The smallest absolute Gasteiger partial charge is 0.232 e. The van der Waals surface area contributed by atoms with Crippen molar-refractivity contribution in [2.24, 2.45) is 5.73 Å². The molecule has 0 aromatic carbocycles. The molecular formula is C9H13N3OS2. The second-order valence-electron chi connectivity index (χ2n) is 3.07. The van der Waals surface area contributed by atoms with Crippen LogP contribution in [0.5, 0.6) is 0 Å². The summed E-state index contributed by atoms with van der Waals surface area (Å²) in [6, 6.07) is 0. The molecule has 1 aromatic heterocycles. The number of hydrogen-bond donors (Lipinski definition) is 2. The number of nitrogens with one attached hydrogen (secondary N) is 1. The summed E-state index contributed by atoms with van der Waals surface area (Å²) in [6.07, 6.45) is 0.933. The Hall–Kier alpha value is -1.01. The first-order chi connectivity index (χ1) is 7.02. The van der Waals surface area contributed by atoms with Gasteiger partial charge >= 0.3 is 0 Å². The molecule has 0 aliphatic heterocycles. The molecule has 0 aliphatic rings. The van der Waals surface area contributed by atoms with E-state index in [1.165, 1.54) is 11.3 Å². The number of thiocarbonyl (C=S) groups is 1. The highest BCUT2D eigenvalue weighted by Crippen LogP contribution is 2.22. The Labute approximate surface area is 97.9 Å². The van der Waals surface area contributed by atoms with Crippen LogP contribution in [0.3, 0.4) is 0 Å². The van der Waals surface area contributed by atoms with Gasteiger partial charge in [-0.1, -0.05) is 19.1 Å². The van der Waals surface area contributed by atoms with Gasteiger partial charge in [0.2, 0.25) is 5.91 Å². The van der Waals surface area contributed by atoms with E-state index in [1.54, 1.807) is 0 Å². The normalized spacial score (nSPS) is 10.0. The lowest BCUT2D eigenvalue weighted by Crippen LogP contribution is -2.20. The van der Waals surface area contributed by atoms with Gasteiger partial charge in [-0.25, -0.2) is 4.98 Å². The van der Waals surface area contributed by atoms with Crippen molar-refractivity contribution in [1.82, 2.24) is 4.98 Å². The number of carbonyl (C=O) groups is 1. The summed E-state index contributed by atoms with van der Waals surface area (Å²) in [5, 5.41) is 3.29. The maximum absolute atomic E-state index is 11.3. The van der Waals surface area contributed by atoms with E-state index in [9.17, 15) is 4.79 Å². The molecule has 6 heteroatoms. The number of hydrogen-bond acceptors (Lipinski definition) is 4. The highest BCUT2D eigenvalue weighted by atomic mass is 32.1. The molecule has 4 nitrogen and oxygen atoms in total. The third kappa shape index (κ3) is 3.56. The second-order valence-corrected chi connectivity index (χ2v) is 4.79. The average Bonchev–Trinajstić information content (AvgIpc) is 2.44. The van der Waals surface area contributed by atoms with Crippen LogP contribution in [0.4, 0.5) is 5.13 Å². The molecule has 0 fully saturated rings. The first kappa shape index (κ1) is 12.1. The molecule has 0 bridgehead atoms. The van der Waals surface area contributed by atoms with Gasteiger partial charge in [-0.15, -0.1) is 11.3 Å². The van der Waals surface area contributed by atoms with Gasteiger partial charge in [-0.3, -0.25) is 4.79 Å². The number of aryl methyl sites for hydroxylation is 2. The third-order valence-electron chi connectivity index (χ3n) is 1.81. The van der Waals surface area contributed by atoms with Gasteiger partial charge in [0.25, 0.3) is 0 Å². The molecule has 0 radical (unpaired) electrons. The van der Waals surface area contributed by atoms with E-state index in [4.69, 9.17) is 5.73 Å². The van der Waals surface area contributed by atoms with Crippen molar-refractivity contribution in [2.75, 3.05) is 5.32 Å². The summed E-state index contributed by atoms with van der Waals surface area (Å²) >= 11 is 6.11. The molecule has 0 spiro atoms. The minimum absolute atomic E-state index is 0.0649. The zero-order valence-electron chi connectivity index (χ0n) is 8.66. The Kier molecular flexibility index (Phi) is 4.16. The molecule has 0 atom stereocenters. The number of nitrogens with zero attached hydrogens (tertiary/aromatic N) is 1. The summed E-state index contributed by atoms with van der Waals surface area (Å²) in [4.78, 5) is 16.9. The van der Waals surface area contributed by atoms with Crippen molar-refractivity contribution in [1.29, 1.82) is 0 Å². The third-order valence-corrected chi connectivity index (χ3v) is 2.88. The maximum atomic E-state index is 11.3. The lowest BCUT2D eigenvalue weighted by molar-refractivity contribution is -0.115. The summed E-state index contributed by atoms with van der Waals surface area (Å²) in [6.45, 7) is 4.02. The van der Waals surface area contributed by atoms with E-state index in [0.717, 1.165) is 17.0 Å². The van der Waals surface area contributed by atoms with Crippen LogP contribution in [0.15, 0.2) is 0 Å². The first-order valence-corrected chi connectivity index (χ1v) is 5.79. The lowest BCUT2D eigenvalue weighted by atomic mass is 10.3. The van der Waals surface area contributed by atoms with Gasteiger partial charge in [0, 0.05) is 4.88 Å². The minimum Gasteiger partial charge on any atom is -0.393 e. The van der Waals surface area contributed by atoms with Crippen molar-refractivity contribution >= 4 is 39.6 Å². The molecule has 1 rings (SSSR count). The van der Waals surface area contributed by atoms with E-state index in [1.807, 2.05) is 13.8 Å². The number of rotatable bonds is 4. The van der Waals surface area contributed by atoms with Gasteiger partial charge in [-0.05, 0) is 13.3 Å². The van der Waals surface area contributed by atoms with Crippen molar-refractivity contribution < 1.29 is 4.79 Å². The van der Waals surface area contributed by atoms with E-state index >= 15 is 0 Å². The van der Waals surface area contributed by atoms with Gasteiger partial charge in [0.05, 0.1) is 17.1 Å². The summed E-state index contributed by atoms with van der Waals surface area (Å²) < 4.78 is 0. The lowest BCUT2D eigenvalue weighted by Gasteiger charge is -1.98. The summed E-state index contributed by atoms with van der Waals surface area (Å²) in [5.74, 6) is -0.209. The quantitative estimate of drug-likeness (QED) is 0.789. The van der Waals surface area contributed by atoms with E-state index < -0.39 is 0 Å². The van der Waals surface area contributed by atoms with Gasteiger partial charge in [0.15, 0.2) is 5.13 Å². The van der Waals surface area contributed by atoms with Crippen molar-refractivity contribution in [3.8, 4) is 0 Å². The fraction of sp³-hybridized carbons (Fsp3) is 0.444. The fourth-order valence-corrected chi connectivity index (χ4v) is 2.18. The molecule has 0 saturated carbocycles. The SMILES string of the molecule is CCc1nc(NC(=O)CC(N)=S)sc1C. The zero-order valence-corrected chi connectivity index (χ0v) is 10.3. The summed E-state index contributed by atoms with van der Waals surface area (Å²) in [7, 11) is 0. The Bertz CT molecular complexity index is 387. The van der Waals surface area contributed by atoms with Gasteiger partial charge < -0.3 is 11.1 Å². The highest BCUT2D eigenvalue weighted by molar-refractivity contribution is 7.80. The topological polar surface area (TPSA) is 68.0 Å². The number of amides is 1. The molecule has 1 amide bonds. The standard InChI is InChI=1S/C9H13N3OS2/c1-3-6-5(2)15-9(11-6)12-8(13)4-7(10)14/h3-4H2,1-2H3,(H2,10,14)(H,11,12,13).